The molecule has 4 rings (SSSR count). The van der Waals surface area contributed by atoms with Gasteiger partial charge in [-0.25, -0.2) is 0 Å². The summed E-state index contributed by atoms with van der Waals surface area (Å²) in [5.74, 6) is 3.81. The standard InChI is InChI=1S/C27H37NO/c1-18(2)23-8-6-7-9-25(23)26-16-22(19(3)17-28(26)4)14-20-10-13-24(21-11-12-21)27(15-20)29-5/h6-10,13,15,18-19,21-22,26H,11-12,14,16-17H2,1-5H3. The summed E-state index contributed by atoms with van der Waals surface area (Å²) in [4.78, 5) is 2.58. The lowest BCUT2D eigenvalue weighted by Crippen LogP contribution is -2.40. The van der Waals surface area contributed by atoms with Gasteiger partial charge in [-0.1, -0.05) is 57.2 Å². The van der Waals surface area contributed by atoms with E-state index < -0.39 is 0 Å². The number of likely N-dealkylation sites (tertiary alicyclic amines) is 1. The highest BCUT2D eigenvalue weighted by Crippen LogP contribution is 2.45. The van der Waals surface area contributed by atoms with Crippen LogP contribution in [0.4, 0.5) is 0 Å². The minimum atomic E-state index is 0.516. The molecule has 156 valence electrons. The first kappa shape index (κ1) is 20.5. The van der Waals surface area contributed by atoms with Crippen LogP contribution in [0.2, 0.25) is 0 Å². The van der Waals surface area contributed by atoms with Crippen molar-refractivity contribution in [3.8, 4) is 5.75 Å². The van der Waals surface area contributed by atoms with E-state index in [2.05, 4.69) is 75.2 Å². The minimum absolute atomic E-state index is 0.516. The molecule has 0 amide bonds. The van der Waals surface area contributed by atoms with Gasteiger partial charge in [0.25, 0.3) is 0 Å². The van der Waals surface area contributed by atoms with Crippen molar-refractivity contribution in [3.05, 3.63) is 64.7 Å². The number of piperidine rings is 1. The molecule has 1 saturated carbocycles. The Labute approximate surface area is 177 Å². The molecule has 2 aromatic rings. The van der Waals surface area contributed by atoms with Gasteiger partial charge in [-0.3, -0.25) is 4.90 Å². The molecular weight excluding hydrogens is 354 g/mol. The van der Waals surface area contributed by atoms with Gasteiger partial charge in [0.05, 0.1) is 7.11 Å². The second-order valence-electron chi connectivity index (χ2n) is 9.77. The molecule has 3 atom stereocenters. The molecule has 2 nitrogen and oxygen atoms in total. The van der Waals surface area contributed by atoms with Crippen LogP contribution in [0.1, 0.15) is 80.2 Å². The van der Waals surface area contributed by atoms with Crippen LogP contribution in [-0.4, -0.2) is 25.6 Å². The zero-order valence-electron chi connectivity index (χ0n) is 18.8. The molecule has 0 spiro atoms. The Balaban J connectivity index is 1.55. The van der Waals surface area contributed by atoms with Gasteiger partial charge >= 0.3 is 0 Å². The van der Waals surface area contributed by atoms with Crippen LogP contribution in [-0.2, 0) is 6.42 Å². The summed E-state index contributed by atoms with van der Waals surface area (Å²) >= 11 is 0. The summed E-state index contributed by atoms with van der Waals surface area (Å²) in [5.41, 5.74) is 5.89. The van der Waals surface area contributed by atoms with Crippen molar-refractivity contribution in [2.75, 3.05) is 20.7 Å². The average Bonchev–Trinajstić information content (AvgIpc) is 3.55. The van der Waals surface area contributed by atoms with E-state index in [0.29, 0.717) is 23.8 Å². The third-order valence-corrected chi connectivity index (χ3v) is 7.23. The molecule has 0 bridgehead atoms. The van der Waals surface area contributed by atoms with Crippen LogP contribution in [0, 0.1) is 11.8 Å². The minimum Gasteiger partial charge on any atom is -0.496 e. The molecule has 2 aliphatic rings. The van der Waals surface area contributed by atoms with E-state index in [9.17, 15) is 0 Å². The summed E-state index contributed by atoms with van der Waals surface area (Å²) in [6, 6.07) is 16.6. The lowest BCUT2D eigenvalue weighted by Gasteiger charge is -2.42. The molecule has 0 radical (unpaired) electrons. The first-order valence-corrected chi connectivity index (χ1v) is 11.4. The maximum atomic E-state index is 5.74. The molecule has 1 heterocycles. The Bertz CT molecular complexity index is 838. The first-order valence-electron chi connectivity index (χ1n) is 11.4. The summed E-state index contributed by atoms with van der Waals surface area (Å²) in [6.07, 6.45) is 5.02. The van der Waals surface area contributed by atoms with E-state index in [1.807, 2.05) is 7.11 Å². The predicted molar refractivity (Wildman–Crippen MR) is 122 cm³/mol. The number of hydrogen-bond donors (Lipinski definition) is 0. The molecule has 3 unspecified atom stereocenters. The number of nitrogens with zero attached hydrogens (tertiary/aromatic N) is 1. The van der Waals surface area contributed by atoms with Gasteiger partial charge in [-0.2, -0.15) is 0 Å². The molecule has 0 N–H and O–H groups in total. The fourth-order valence-corrected chi connectivity index (χ4v) is 5.34. The van der Waals surface area contributed by atoms with Gasteiger partial charge in [-0.15, -0.1) is 0 Å². The van der Waals surface area contributed by atoms with Gasteiger partial charge in [-0.05, 0) is 84.7 Å². The van der Waals surface area contributed by atoms with Crippen LogP contribution in [0.3, 0.4) is 0 Å². The second-order valence-corrected chi connectivity index (χ2v) is 9.77. The number of benzene rings is 2. The third-order valence-electron chi connectivity index (χ3n) is 7.23. The lowest BCUT2D eigenvalue weighted by atomic mass is 9.76. The monoisotopic (exact) mass is 391 g/mol. The Morgan fingerprint density at radius 1 is 1.07 bits per heavy atom. The van der Waals surface area contributed by atoms with E-state index in [0.717, 1.165) is 18.1 Å². The Kier molecular flexibility index (Phi) is 6.01. The van der Waals surface area contributed by atoms with Crippen molar-refractivity contribution in [2.45, 2.75) is 64.3 Å². The van der Waals surface area contributed by atoms with E-state index in [4.69, 9.17) is 4.74 Å². The zero-order valence-corrected chi connectivity index (χ0v) is 18.8. The Morgan fingerprint density at radius 3 is 2.52 bits per heavy atom. The molecule has 0 aromatic heterocycles. The van der Waals surface area contributed by atoms with Gasteiger partial charge in [0.15, 0.2) is 0 Å². The SMILES string of the molecule is COc1cc(CC2CC(c3ccccc3C(C)C)N(C)CC2C)ccc1C1CC1. The van der Waals surface area contributed by atoms with E-state index in [1.165, 1.54) is 48.1 Å². The van der Waals surface area contributed by atoms with Crippen LogP contribution in [0.15, 0.2) is 42.5 Å². The fraction of sp³-hybridized carbons (Fsp3) is 0.556. The largest absolute Gasteiger partial charge is 0.496 e. The van der Waals surface area contributed by atoms with E-state index in [-0.39, 0.29) is 0 Å². The summed E-state index contributed by atoms with van der Waals surface area (Å²) < 4.78 is 5.74. The molecule has 29 heavy (non-hydrogen) atoms. The fourth-order valence-electron chi connectivity index (χ4n) is 5.34. The smallest absolute Gasteiger partial charge is 0.122 e. The molecule has 2 heteroatoms. The van der Waals surface area contributed by atoms with Crippen molar-refractivity contribution >= 4 is 0 Å². The molecular formula is C27H37NO. The van der Waals surface area contributed by atoms with Gasteiger partial charge in [0.2, 0.25) is 0 Å². The first-order chi connectivity index (χ1) is 14.0. The van der Waals surface area contributed by atoms with Crippen LogP contribution in [0.5, 0.6) is 5.75 Å². The van der Waals surface area contributed by atoms with Gasteiger partial charge < -0.3 is 4.74 Å². The number of rotatable bonds is 6. The Hall–Kier alpha value is -1.80. The van der Waals surface area contributed by atoms with Crippen LogP contribution in [0.25, 0.3) is 0 Å². The third kappa shape index (κ3) is 4.38. The second kappa shape index (κ2) is 8.52. The lowest BCUT2D eigenvalue weighted by molar-refractivity contribution is 0.0919. The van der Waals surface area contributed by atoms with Crippen molar-refractivity contribution in [2.24, 2.45) is 11.8 Å². The quantitative estimate of drug-likeness (QED) is 0.552. The maximum absolute atomic E-state index is 5.74. The van der Waals surface area contributed by atoms with Crippen molar-refractivity contribution in [3.63, 3.8) is 0 Å². The van der Waals surface area contributed by atoms with E-state index in [1.54, 1.807) is 0 Å². The molecule has 1 saturated heterocycles. The highest BCUT2D eigenvalue weighted by atomic mass is 16.5. The van der Waals surface area contributed by atoms with Crippen LogP contribution < -0.4 is 4.74 Å². The topological polar surface area (TPSA) is 12.5 Å². The zero-order chi connectivity index (χ0) is 20.5. The van der Waals surface area contributed by atoms with Crippen molar-refractivity contribution in [1.82, 2.24) is 4.90 Å². The maximum Gasteiger partial charge on any atom is 0.122 e. The number of ether oxygens (including phenoxy) is 1. The highest BCUT2D eigenvalue weighted by Gasteiger charge is 2.34. The van der Waals surface area contributed by atoms with Crippen molar-refractivity contribution in [1.29, 1.82) is 0 Å². The molecule has 1 aliphatic carbocycles. The van der Waals surface area contributed by atoms with Gasteiger partial charge in [0.1, 0.15) is 5.75 Å². The number of methoxy groups -OCH3 is 1. The molecule has 2 aromatic carbocycles. The highest BCUT2D eigenvalue weighted by molar-refractivity contribution is 5.42. The summed E-state index contributed by atoms with van der Waals surface area (Å²) in [7, 11) is 4.13. The van der Waals surface area contributed by atoms with Crippen LogP contribution >= 0.6 is 0 Å². The number of hydrogen-bond acceptors (Lipinski definition) is 2. The van der Waals surface area contributed by atoms with Crippen molar-refractivity contribution < 1.29 is 4.74 Å². The molecule has 1 aliphatic heterocycles. The summed E-state index contributed by atoms with van der Waals surface area (Å²) in [5, 5.41) is 0. The average molecular weight is 392 g/mol. The van der Waals surface area contributed by atoms with Gasteiger partial charge in [0, 0.05) is 12.6 Å². The molecule has 2 fully saturated rings. The summed E-state index contributed by atoms with van der Waals surface area (Å²) in [6.45, 7) is 8.23. The predicted octanol–water partition coefficient (Wildman–Crippen LogP) is 6.57. The normalized spacial score (nSPS) is 25.4. The Morgan fingerprint density at radius 2 is 1.83 bits per heavy atom. The van der Waals surface area contributed by atoms with E-state index >= 15 is 0 Å².